The fraction of sp³-hybridized carbons (Fsp3) is 1.00. The van der Waals surface area contributed by atoms with Crippen molar-refractivity contribution in [1.82, 2.24) is 9.62 Å². The quantitative estimate of drug-likeness (QED) is 0.776. The van der Waals surface area contributed by atoms with Gasteiger partial charge >= 0.3 is 0 Å². The number of rotatable bonds is 6. The van der Waals surface area contributed by atoms with Crippen LogP contribution in [0.3, 0.4) is 0 Å². The van der Waals surface area contributed by atoms with Crippen LogP contribution in [0.4, 0.5) is 0 Å². The zero-order valence-electron chi connectivity index (χ0n) is 10.7. The van der Waals surface area contributed by atoms with E-state index in [0.29, 0.717) is 17.6 Å². The van der Waals surface area contributed by atoms with Crippen molar-refractivity contribution in [1.29, 1.82) is 0 Å². The monoisotopic (exact) mass is 260 g/mol. The Labute approximate surface area is 105 Å². The summed E-state index contributed by atoms with van der Waals surface area (Å²) in [7, 11) is -1.01. The van der Waals surface area contributed by atoms with E-state index in [1.165, 1.54) is 12.8 Å². The van der Waals surface area contributed by atoms with Crippen LogP contribution in [0.2, 0.25) is 0 Å². The van der Waals surface area contributed by atoms with Gasteiger partial charge in [-0.2, -0.15) is 0 Å². The molecule has 2 rings (SSSR count). The molecule has 4 nitrogen and oxygen atoms in total. The van der Waals surface area contributed by atoms with Gasteiger partial charge in [-0.3, -0.25) is 0 Å². The molecule has 0 radical (unpaired) electrons. The van der Waals surface area contributed by atoms with Crippen molar-refractivity contribution in [3.8, 4) is 0 Å². The molecule has 0 spiro atoms. The Morgan fingerprint density at radius 3 is 2.29 bits per heavy atom. The van der Waals surface area contributed by atoms with Crippen LogP contribution in [0.5, 0.6) is 0 Å². The van der Waals surface area contributed by atoms with Crippen LogP contribution in [0.1, 0.15) is 32.1 Å². The minimum Gasteiger partial charge on any atom is -0.319 e. The highest BCUT2D eigenvalue weighted by molar-refractivity contribution is 7.89. The van der Waals surface area contributed by atoms with Gasteiger partial charge < -0.3 is 5.32 Å². The van der Waals surface area contributed by atoms with Gasteiger partial charge in [0.1, 0.15) is 0 Å². The average Bonchev–Trinajstić information content (AvgIpc) is 3.12. The number of sulfonamides is 1. The van der Waals surface area contributed by atoms with Crippen molar-refractivity contribution in [2.24, 2.45) is 11.8 Å². The maximum atomic E-state index is 12.1. The van der Waals surface area contributed by atoms with Crippen molar-refractivity contribution in [3.05, 3.63) is 0 Å². The van der Waals surface area contributed by atoms with Gasteiger partial charge in [-0.25, -0.2) is 12.7 Å². The fourth-order valence-electron chi connectivity index (χ4n) is 2.53. The second-order valence-electron chi connectivity index (χ2n) is 5.45. The number of hydrogen-bond acceptors (Lipinski definition) is 3. The molecule has 2 aliphatic rings. The first-order valence-corrected chi connectivity index (χ1v) is 8.35. The average molecular weight is 260 g/mol. The molecule has 1 aliphatic heterocycles. The summed E-state index contributed by atoms with van der Waals surface area (Å²) in [5.41, 5.74) is 0. The predicted octanol–water partition coefficient (Wildman–Crippen LogP) is 1.05. The summed E-state index contributed by atoms with van der Waals surface area (Å²) >= 11 is 0. The second-order valence-corrected chi connectivity index (χ2v) is 7.54. The van der Waals surface area contributed by atoms with Crippen molar-refractivity contribution < 1.29 is 8.42 Å². The van der Waals surface area contributed by atoms with E-state index in [-0.39, 0.29) is 0 Å². The van der Waals surface area contributed by atoms with E-state index < -0.39 is 10.0 Å². The third-order valence-electron chi connectivity index (χ3n) is 3.94. The number of hydrogen-bond donors (Lipinski definition) is 1. The van der Waals surface area contributed by atoms with E-state index >= 15 is 0 Å². The Bertz CT molecular complexity index is 330. The Morgan fingerprint density at radius 1 is 1.12 bits per heavy atom. The zero-order valence-corrected chi connectivity index (χ0v) is 11.5. The summed E-state index contributed by atoms with van der Waals surface area (Å²) in [5, 5.41) is 3.17. The van der Waals surface area contributed by atoms with Gasteiger partial charge in [-0.15, -0.1) is 0 Å². The maximum absolute atomic E-state index is 12.1. The summed E-state index contributed by atoms with van der Waals surface area (Å²) in [6.45, 7) is 2.45. The van der Waals surface area contributed by atoms with Crippen LogP contribution in [0.25, 0.3) is 0 Å². The molecule has 0 aromatic carbocycles. The Kier molecular flexibility index (Phi) is 4.44. The van der Waals surface area contributed by atoms with Crippen LogP contribution in [0, 0.1) is 11.8 Å². The number of nitrogens with one attached hydrogen (secondary N) is 1. The SMILES string of the molecule is CNCC1CCN(S(=O)(=O)CCC2CC2)CC1. The van der Waals surface area contributed by atoms with Gasteiger partial charge in [-0.1, -0.05) is 12.8 Å². The molecule has 1 heterocycles. The Balaban J connectivity index is 1.77. The van der Waals surface area contributed by atoms with Crippen molar-refractivity contribution in [3.63, 3.8) is 0 Å². The van der Waals surface area contributed by atoms with Gasteiger partial charge in [0.05, 0.1) is 5.75 Å². The summed E-state index contributed by atoms with van der Waals surface area (Å²) in [5.74, 6) is 1.72. The summed E-state index contributed by atoms with van der Waals surface area (Å²) in [4.78, 5) is 0. The van der Waals surface area contributed by atoms with E-state index in [1.54, 1.807) is 4.31 Å². The molecule has 1 N–H and O–H groups in total. The Hall–Kier alpha value is -0.130. The molecular formula is C12H24N2O2S. The number of piperidine rings is 1. The van der Waals surface area contributed by atoms with Crippen molar-refractivity contribution in [2.45, 2.75) is 32.1 Å². The molecule has 1 saturated carbocycles. The van der Waals surface area contributed by atoms with Crippen LogP contribution in [0.15, 0.2) is 0 Å². The standard InChI is InChI=1S/C12H24N2O2S/c1-13-10-12-4-7-14(8-5-12)17(15,16)9-6-11-2-3-11/h11-13H,2-10H2,1H3. The molecule has 0 atom stereocenters. The van der Waals surface area contributed by atoms with Gasteiger partial charge in [0.15, 0.2) is 0 Å². The van der Waals surface area contributed by atoms with Crippen LogP contribution in [-0.4, -0.2) is 45.2 Å². The largest absolute Gasteiger partial charge is 0.319 e. The summed E-state index contributed by atoms with van der Waals surface area (Å²) < 4.78 is 25.9. The summed E-state index contributed by atoms with van der Waals surface area (Å²) in [6.07, 6.45) is 5.35. The molecule has 17 heavy (non-hydrogen) atoms. The predicted molar refractivity (Wildman–Crippen MR) is 69.4 cm³/mol. The molecule has 5 heteroatoms. The highest BCUT2D eigenvalue weighted by atomic mass is 32.2. The molecule has 0 aromatic rings. The van der Waals surface area contributed by atoms with E-state index in [4.69, 9.17) is 0 Å². The highest BCUT2D eigenvalue weighted by Gasteiger charge is 2.30. The van der Waals surface area contributed by atoms with E-state index in [1.807, 2.05) is 7.05 Å². The first-order valence-electron chi connectivity index (χ1n) is 6.74. The van der Waals surface area contributed by atoms with Crippen LogP contribution >= 0.6 is 0 Å². The second kappa shape index (κ2) is 5.67. The minimum atomic E-state index is -2.96. The zero-order chi connectivity index (χ0) is 12.3. The molecule has 2 fully saturated rings. The van der Waals surface area contributed by atoms with Crippen molar-refractivity contribution >= 4 is 10.0 Å². The van der Waals surface area contributed by atoms with Crippen LogP contribution < -0.4 is 5.32 Å². The fourth-order valence-corrected chi connectivity index (χ4v) is 4.19. The lowest BCUT2D eigenvalue weighted by molar-refractivity contribution is 0.270. The van der Waals surface area contributed by atoms with Gasteiger partial charge in [-0.05, 0) is 44.7 Å². The molecule has 1 aliphatic carbocycles. The van der Waals surface area contributed by atoms with Crippen LogP contribution in [-0.2, 0) is 10.0 Å². The first kappa shape index (κ1) is 13.3. The number of nitrogens with zero attached hydrogens (tertiary/aromatic N) is 1. The third kappa shape index (κ3) is 3.93. The smallest absolute Gasteiger partial charge is 0.214 e. The van der Waals surface area contributed by atoms with E-state index in [9.17, 15) is 8.42 Å². The highest BCUT2D eigenvalue weighted by Crippen LogP contribution is 2.33. The normalized spacial score (nSPS) is 24.1. The Morgan fingerprint density at radius 2 is 1.76 bits per heavy atom. The molecule has 0 amide bonds. The van der Waals surface area contributed by atoms with E-state index in [0.717, 1.165) is 38.9 Å². The maximum Gasteiger partial charge on any atom is 0.214 e. The van der Waals surface area contributed by atoms with Gasteiger partial charge in [0, 0.05) is 13.1 Å². The first-order chi connectivity index (χ1) is 8.12. The van der Waals surface area contributed by atoms with Gasteiger partial charge in [0.2, 0.25) is 10.0 Å². The molecular weight excluding hydrogens is 236 g/mol. The van der Waals surface area contributed by atoms with Crippen molar-refractivity contribution in [2.75, 3.05) is 32.4 Å². The summed E-state index contributed by atoms with van der Waals surface area (Å²) in [6, 6.07) is 0. The van der Waals surface area contributed by atoms with Gasteiger partial charge in [0.25, 0.3) is 0 Å². The molecule has 100 valence electrons. The lowest BCUT2D eigenvalue weighted by Crippen LogP contribution is -2.41. The third-order valence-corrected chi connectivity index (χ3v) is 5.84. The molecule has 1 saturated heterocycles. The topological polar surface area (TPSA) is 49.4 Å². The lowest BCUT2D eigenvalue weighted by Gasteiger charge is -2.31. The van der Waals surface area contributed by atoms with E-state index in [2.05, 4.69) is 5.32 Å². The molecule has 0 bridgehead atoms. The molecule has 0 unspecified atom stereocenters. The molecule has 0 aromatic heterocycles. The lowest BCUT2D eigenvalue weighted by atomic mass is 9.98. The minimum absolute atomic E-state index is 0.369.